The zero-order chi connectivity index (χ0) is 25.8. The van der Waals surface area contributed by atoms with Crippen LogP contribution in [-0.2, 0) is 37.1 Å². The third-order valence-corrected chi connectivity index (χ3v) is 5.40. The van der Waals surface area contributed by atoms with E-state index >= 15 is 0 Å². The summed E-state index contributed by atoms with van der Waals surface area (Å²) in [6.45, 7) is 0.696. The minimum absolute atomic E-state index is 0.0168. The quantitative estimate of drug-likeness (QED) is 0.321. The molecule has 2 aliphatic rings. The molecule has 0 atom stereocenters. The molecule has 0 saturated heterocycles. The van der Waals surface area contributed by atoms with Crippen molar-refractivity contribution in [3.05, 3.63) is 52.8 Å². The van der Waals surface area contributed by atoms with E-state index in [4.69, 9.17) is 9.47 Å². The van der Waals surface area contributed by atoms with Gasteiger partial charge >= 0.3 is 0 Å². The van der Waals surface area contributed by atoms with Gasteiger partial charge in [0.2, 0.25) is 17.7 Å². The van der Waals surface area contributed by atoms with Gasteiger partial charge in [-0.15, -0.1) is 0 Å². The van der Waals surface area contributed by atoms with Gasteiger partial charge in [0.15, 0.2) is 12.5 Å². The highest BCUT2D eigenvalue weighted by Gasteiger charge is 2.36. The third kappa shape index (κ3) is 5.25. The second-order valence-corrected chi connectivity index (χ2v) is 7.97. The van der Waals surface area contributed by atoms with E-state index in [1.54, 1.807) is 0 Å². The average Bonchev–Trinajstić information content (AvgIpc) is 3.11. The summed E-state index contributed by atoms with van der Waals surface area (Å²) in [4.78, 5) is 49.1. The Balaban J connectivity index is 1.53. The smallest absolute Gasteiger partial charge is 0.281 e. The maximum absolute atomic E-state index is 14.2. The number of fused-ring (bicyclic) bond motifs is 2. The Hall–Kier alpha value is -4.52. The van der Waals surface area contributed by atoms with Crippen molar-refractivity contribution in [2.75, 3.05) is 30.1 Å². The van der Waals surface area contributed by atoms with Gasteiger partial charge in [0.25, 0.3) is 5.91 Å². The van der Waals surface area contributed by atoms with Crippen LogP contribution >= 0.6 is 0 Å². The first kappa shape index (κ1) is 24.6. The summed E-state index contributed by atoms with van der Waals surface area (Å²) in [5.74, 6) is -2.21. The molecular weight excluding hydrogens is 477 g/mol. The first-order chi connectivity index (χ1) is 17.3. The highest BCUT2D eigenvalue weighted by molar-refractivity contribution is 6.54. The van der Waals surface area contributed by atoms with Crippen molar-refractivity contribution < 1.29 is 38.2 Å². The van der Waals surface area contributed by atoms with Crippen molar-refractivity contribution in [2.45, 2.75) is 20.1 Å². The van der Waals surface area contributed by atoms with E-state index in [0.717, 1.165) is 0 Å². The first-order valence-corrected chi connectivity index (χ1v) is 10.8. The van der Waals surface area contributed by atoms with Crippen molar-refractivity contribution in [1.82, 2.24) is 10.6 Å². The van der Waals surface area contributed by atoms with Gasteiger partial charge in [0.05, 0.1) is 31.9 Å². The Morgan fingerprint density at radius 3 is 2.67 bits per heavy atom. The first-order valence-electron chi connectivity index (χ1n) is 10.8. The SMILES string of the molecule is CC(=O)NCC(=O)NCC(=O)Nc1ccc2c(c1)N(Cc1cc(F)cc3c1OCOC3)C(=O)/C2=N\O. The molecule has 0 aromatic heterocycles. The van der Waals surface area contributed by atoms with Crippen molar-refractivity contribution in [2.24, 2.45) is 5.16 Å². The van der Waals surface area contributed by atoms with Crippen LogP contribution in [0.15, 0.2) is 35.5 Å². The molecule has 0 unspecified atom stereocenters. The number of rotatable bonds is 7. The fourth-order valence-corrected chi connectivity index (χ4v) is 3.83. The number of nitrogens with one attached hydrogen (secondary N) is 3. The summed E-state index contributed by atoms with van der Waals surface area (Å²) in [5, 5.41) is 19.8. The number of hydrogen-bond donors (Lipinski definition) is 4. The number of benzene rings is 2. The lowest BCUT2D eigenvalue weighted by atomic mass is 10.1. The lowest BCUT2D eigenvalue weighted by Crippen LogP contribution is -2.39. The molecule has 0 saturated carbocycles. The van der Waals surface area contributed by atoms with Crippen LogP contribution in [0.25, 0.3) is 0 Å². The van der Waals surface area contributed by atoms with Gasteiger partial charge in [0, 0.05) is 29.3 Å². The van der Waals surface area contributed by atoms with Gasteiger partial charge in [-0.1, -0.05) is 5.16 Å². The summed E-state index contributed by atoms with van der Waals surface area (Å²) >= 11 is 0. The number of ether oxygens (including phenoxy) is 2. The van der Waals surface area contributed by atoms with E-state index in [2.05, 4.69) is 21.1 Å². The molecule has 0 radical (unpaired) electrons. The monoisotopic (exact) mass is 499 g/mol. The molecule has 2 aliphatic heterocycles. The van der Waals surface area contributed by atoms with Crippen molar-refractivity contribution in [1.29, 1.82) is 0 Å². The van der Waals surface area contributed by atoms with E-state index in [1.165, 1.54) is 42.2 Å². The van der Waals surface area contributed by atoms with Crippen molar-refractivity contribution in [3.8, 4) is 5.75 Å². The molecule has 188 valence electrons. The minimum atomic E-state index is -0.619. The molecule has 36 heavy (non-hydrogen) atoms. The lowest BCUT2D eigenvalue weighted by Gasteiger charge is -2.24. The van der Waals surface area contributed by atoms with Crippen LogP contribution in [0.1, 0.15) is 23.6 Å². The fraction of sp³-hybridized carbons (Fsp3) is 0.261. The number of halogens is 1. The lowest BCUT2D eigenvalue weighted by molar-refractivity contribution is -0.126. The van der Waals surface area contributed by atoms with Crippen LogP contribution in [-0.4, -0.2) is 54.4 Å². The average molecular weight is 499 g/mol. The summed E-state index contributed by atoms with van der Waals surface area (Å²) < 4.78 is 24.9. The molecule has 2 aromatic carbocycles. The van der Waals surface area contributed by atoms with Crippen LogP contribution < -0.4 is 25.6 Å². The number of amides is 4. The van der Waals surface area contributed by atoms with Gasteiger partial charge in [-0.05, 0) is 30.3 Å². The zero-order valence-electron chi connectivity index (χ0n) is 19.1. The maximum atomic E-state index is 14.2. The number of oxime groups is 1. The molecule has 2 aromatic rings. The van der Waals surface area contributed by atoms with E-state index in [0.29, 0.717) is 33.8 Å². The number of carbonyl (C=O) groups is 4. The molecule has 2 heterocycles. The van der Waals surface area contributed by atoms with Gasteiger partial charge in [-0.3, -0.25) is 19.2 Å². The number of nitrogens with zero attached hydrogens (tertiary/aromatic N) is 2. The van der Waals surface area contributed by atoms with Crippen LogP contribution in [0.3, 0.4) is 0 Å². The standard InChI is InChI=1S/C23H22FN5O7/c1-12(30)25-7-19(31)26-8-20(32)27-16-2-3-17-18(6-16)29(23(33)21(17)28-34)9-13-4-15(24)5-14-10-35-11-36-22(13)14/h2-6,34H,7-11H2,1H3,(H,25,30)(H,26,31)(H,27,32)/b28-21-. The van der Waals surface area contributed by atoms with E-state index in [1.807, 2.05) is 0 Å². The topological polar surface area (TPSA) is 159 Å². The molecule has 13 heteroatoms. The van der Waals surface area contributed by atoms with Gasteiger partial charge in [-0.2, -0.15) is 0 Å². The van der Waals surface area contributed by atoms with Crippen molar-refractivity contribution >= 4 is 40.7 Å². The molecule has 0 fully saturated rings. The molecule has 0 bridgehead atoms. The van der Waals surface area contributed by atoms with Gasteiger partial charge in [0.1, 0.15) is 11.6 Å². The molecule has 0 aliphatic carbocycles. The predicted octanol–water partition coefficient (Wildman–Crippen LogP) is 0.608. The molecule has 4 N–H and O–H groups in total. The Morgan fingerprint density at radius 1 is 1.14 bits per heavy atom. The minimum Gasteiger partial charge on any atom is -0.467 e. The maximum Gasteiger partial charge on any atom is 0.281 e. The van der Waals surface area contributed by atoms with E-state index < -0.39 is 23.5 Å². The Kier molecular flexibility index (Phi) is 7.10. The fourth-order valence-electron chi connectivity index (χ4n) is 3.83. The molecular formula is C23H22FN5O7. The molecule has 4 rings (SSSR count). The Morgan fingerprint density at radius 2 is 1.92 bits per heavy atom. The van der Waals surface area contributed by atoms with Gasteiger partial charge in [-0.25, -0.2) is 4.39 Å². The molecule has 12 nitrogen and oxygen atoms in total. The summed E-state index contributed by atoms with van der Waals surface area (Å²) in [6.07, 6.45) is 0. The second kappa shape index (κ2) is 10.4. The van der Waals surface area contributed by atoms with Gasteiger partial charge < -0.3 is 35.5 Å². The van der Waals surface area contributed by atoms with Crippen LogP contribution in [0, 0.1) is 5.82 Å². The van der Waals surface area contributed by atoms with E-state index in [-0.39, 0.29) is 44.7 Å². The highest BCUT2D eigenvalue weighted by Crippen LogP contribution is 2.36. The normalized spacial score (nSPS) is 15.1. The third-order valence-electron chi connectivity index (χ3n) is 5.40. The second-order valence-electron chi connectivity index (χ2n) is 7.97. The summed E-state index contributed by atoms with van der Waals surface area (Å²) in [6, 6.07) is 7.04. The van der Waals surface area contributed by atoms with E-state index in [9.17, 15) is 28.8 Å². The summed E-state index contributed by atoms with van der Waals surface area (Å²) in [5.41, 5.74) is 1.63. The zero-order valence-corrected chi connectivity index (χ0v) is 19.1. The van der Waals surface area contributed by atoms with Crippen LogP contribution in [0.4, 0.5) is 15.8 Å². The number of carbonyl (C=O) groups excluding carboxylic acids is 4. The number of anilines is 2. The van der Waals surface area contributed by atoms with Crippen molar-refractivity contribution in [3.63, 3.8) is 0 Å². The number of hydrogen-bond acceptors (Lipinski definition) is 8. The molecule has 0 spiro atoms. The summed E-state index contributed by atoms with van der Waals surface area (Å²) in [7, 11) is 0. The Bertz CT molecular complexity index is 1280. The highest BCUT2D eigenvalue weighted by atomic mass is 19.1. The Labute approximate surface area is 204 Å². The van der Waals surface area contributed by atoms with Crippen LogP contribution in [0.2, 0.25) is 0 Å². The largest absolute Gasteiger partial charge is 0.467 e. The van der Waals surface area contributed by atoms with Crippen LogP contribution in [0.5, 0.6) is 5.75 Å². The molecule has 4 amide bonds. The predicted molar refractivity (Wildman–Crippen MR) is 123 cm³/mol.